The van der Waals surface area contributed by atoms with Crippen molar-refractivity contribution in [2.45, 2.75) is 96.8 Å². The van der Waals surface area contributed by atoms with E-state index in [9.17, 15) is 19.6 Å². The number of nitrogens with zero attached hydrogens (tertiary/aromatic N) is 3. The van der Waals surface area contributed by atoms with Crippen molar-refractivity contribution in [3.8, 4) is 18.4 Å². The van der Waals surface area contributed by atoms with Gasteiger partial charge in [-0.25, -0.2) is 4.79 Å². The predicted molar refractivity (Wildman–Crippen MR) is 149 cm³/mol. The number of amides is 1. The van der Waals surface area contributed by atoms with Crippen molar-refractivity contribution in [3.05, 3.63) is 22.7 Å². The van der Waals surface area contributed by atoms with Crippen molar-refractivity contribution in [2.75, 3.05) is 11.9 Å². The molecule has 1 aromatic heterocycles. The molecule has 1 unspecified atom stereocenters. The molecule has 38 heavy (non-hydrogen) atoms. The normalized spacial score (nSPS) is 22.2. The zero-order chi connectivity index (χ0) is 29.0. The summed E-state index contributed by atoms with van der Waals surface area (Å²) < 4.78 is 20.8. The van der Waals surface area contributed by atoms with Gasteiger partial charge in [0.05, 0.1) is 24.7 Å². The molecular formula is C26H42N4O6Si2. The van der Waals surface area contributed by atoms with Crippen LogP contribution in [0.3, 0.4) is 0 Å². The monoisotopic (exact) mass is 562 g/mol. The molecule has 2 N–H and O–H groups in total. The van der Waals surface area contributed by atoms with Crippen LogP contribution >= 0.6 is 0 Å². The molecule has 1 amide bonds. The Balaban J connectivity index is 2.40. The van der Waals surface area contributed by atoms with Gasteiger partial charge in [0.1, 0.15) is 11.7 Å². The molecule has 4 atom stereocenters. The van der Waals surface area contributed by atoms with Gasteiger partial charge in [-0.15, -0.1) is 6.42 Å². The first kappa shape index (κ1) is 31.9. The lowest BCUT2D eigenvalue weighted by molar-refractivity contribution is -0.114. The van der Waals surface area contributed by atoms with Crippen LogP contribution in [0.15, 0.2) is 17.1 Å². The van der Waals surface area contributed by atoms with Crippen LogP contribution in [-0.4, -0.2) is 50.1 Å². The van der Waals surface area contributed by atoms with E-state index in [1.807, 2.05) is 55.4 Å². The lowest BCUT2D eigenvalue weighted by Gasteiger charge is -2.46. The maximum atomic E-state index is 12.7. The van der Waals surface area contributed by atoms with Gasteiger partial charge in [0, 0.05) is 13.1 Å². The summed E-state index contributed by atoms with van der Waals surface area (Å²) in [5, 5.41) is 12.4. The molecule has 10 nitrogen and oxygen atoms in total. The number of aromatic nitrogens is 2. The van der Waals surface area contributed by atoms with E-state index in [4.69, 9.17) is 19.7 Å². The van der Waals surface area contributed by atoms with E-state index < -0.39 is 47.0 Å². The highest BCUT2D eigenvalue weighted by molar-refractivity contribution is 6.83. The van der Waals surface area contributed by atoms with Crippen LogP contribution in [-0.2, 0) is 18.1 Å². The average molecular weight is 563 g/mol. The lowest BCUT2D eigenvalue weighted by Crippen LogP contribution is -2.60. The Morgan fingerprint density at radius 2 is 1.76 bits per heavy atom. The van der Waals surface area contributed by atoms with Gasteiger partial charge in [-0.05, 0) is 28.2 Å². The lowest BCUT2D eigenvalue weighted by atomic mass is 9.91. The molecule has 0 aliphatic carbocycles. The second kappa shape index (κ2) is 12.7. The number of nitrogens with one attached hydrogen (secondary N) is 1. The van der Waals surface area contributed by atoms with Crippen LogP contribution in [0.4, 0.5) is 5.82 Å². The van der Waals surface area contributed by atoms with Gasteiger partial charge < -0.3 is 23.4 Å². The third kappa shape index (κ3) is 6.45. The first-order chi connectivity index (χ1) is 17.6. The van der Waals surface area contributed by atoms with Crippen LogP contribution in [0.2, 0.25) is 22.2 Å². The second-order valence-electron chi connectivity index (χ2n) is 11.1. The van der Waals surface area contributed by atoms with Crippen molar-refractivity contribution in [1.82, 2.24) is 9.55 Å². The average Bonchev–Trinajstić information content (AvgIpc) is 3.17. The molecule has 12 heteroatoms. The van der Waals surface area contributed by atoms with Crippen LogP contribution in [0.1, 0.15) is 68.5 Å². The minimum absolute atomic E-state index is 0.0143. The fourth-order valence-corrected chi connectivity index (χ4v) is 14.8. The van der Waals surface area contributed by atoms with E-state index in [1.54, 1.807) is 0 Å². The molecule has 1 fully saturated rings. The topological polar surface area (TPSA) is 136 Å². The first-order valence-corrected chi connectivity index (χ1v) is 17.1. The standard InChI is InChI=1S/C26H42N4O6Si2/c1-11-21-22(14-27)25(30-13-12-24(28-20(10)31)29-26(30)32)35-23(21)15-34-38(18(6)7,19(8)9)36-37(33,16(2)3)17(4)5/h1,12-13,16-19,21-23,25,33H,15H2,2-10H3,(H,28,29,31,32)/t21?,22-,23+,25+/m0/s1. The van der Waals surface area contributed by atoms with Crippen molar-refractivity contribution in [1.29, 1.82) is 5.26 Å². The summed E-state index contributed by atoms with van der Waals surface area (Å²) in [4.78, 5) is 39.6. The zero-order valence-corrected chi connectivity index (χ0v) is 25.9. The minimum Gasteiger partial charge on any atom is -0.414 e. The Morgan fingerprint density at radius 3 is 2.18 bits per heavy atom. The molecule has 0 bridgehead atoms. The van der Waals surface area contributed by atoms with Crippen LogP contribution < -0.4 is 11.0 Å². The Bertz CT molecular complexity index is 1110. The maximum Gasteiger partial charge on any atom is 0.351 e. The summed E-state index contributed by atoms with van der Waals surface area (Å²) in [6.07, 6.45) is 5.61. The maximum absolute atomic E-state index is 12.7. The van der Waals surface area contributed by atoms with Crippen molar-refractivity contribution >= 4 is 28.8 Å². The zero-order valence-electron chi connectivity index (χ0n) is 23.9. The van der Waals surface area contributed by atoms with E-state index in [-0.39, 0.29) is 40.5 Å². The third-order valence-electron chi connectivity index (χ3n) is 7.22. The summed E-state index contributed by atoms with van der Waals surface area (Å²) in [6.45, 7) is 17.4. The van der Waals surface area contributed by atoms with E-state index >= 15 is 0 Å². The molecule has 0 radical (unpaired) electrons. The highest BCUT2D eigenvalue weighted by Gasteiger charge is 2.55. The molecule has 2 rings (SSSR count). The van der Waals surface area contributed by atoms with E-state index in [0.717, 1.165) is 0 Å². The van der Waals surface area contributed by atoms with Gasteiger partial charge in [-0.2, -0.15) is 10.2 Å². The molecule has 1 saturated heterocycles. The fourth-order valence-electron chi connectivity index (χ4n) is 4.99. The molecule has 1 aliphatic heterocycles. The Morgan fingerprint density at radius 1 is 1.18 bits per heavy atom. The fraction of sp³-hybridized carbons (Fsp3) is 0.692. The highest BCUT2D eigenvalue weighted by atomic mass is 28.5. The minimum atomic E-state index is -3.16. The summed E-state index contributed by atoms with van der Waals surface area (Å²) in [5.41, 5.74) is -0.728. The van der Waals surface area contributed by atoms with Gasteiger partial charge in [-0.1, -0.05) is 61.3 Å². The molecule has 0 saturated carbocycles. The SMILES string of the molecule is C#CC1[C@@H](CO[Si](O[Si](O)(C(C)C)C(C)C)(C(C)C)C(C)C)O[C@@H](n2ccc(NC(C)=O)nc2=O)[C@H]1C#N. The molecule has 2 heterocycles. The van der Waals surface area contributed by atoms with Crippen molar-refractivity contribution in [2.24, 2.45) is 11.8 Å². The van der Waals surface area contributed by atoms with Gasteiger partial charge in [0.25, 0.3) is 0 Å². The highest BCUT2D eigenvalue weighted by Crippen LogP contribution is 2.44. The number of hydrogen-bond acceptors (Lipinski definition) is 8. The van der Waals surface area contributed by atoms with Crippen molar-refractivity contribution < 1.29 is 22.9 Å². The number of terminal acetylenes is 1. The predicted octanol–water partition coefficient (Wildman–Crippen LogP) is 4.04. The Hall–Kier alpha value is -2.33. The Labute approximate surface area is 228 Å². The van der Waals surface area contributed by atoms with Crippen LogP contribution in [0.25, 0.3) is 0 Å². The molecular weight excluding hydrogens is 520 g/mol. The number of carbonyl (C=O) groups is 1. The van der Waals surface area contributed by atoms with Gasteiger partial charge in [0.2, 0.25) is 5.91 Å². The number of carbonyl (C=O) groups excluding carboxylic acids is 1. The second-order valence-corrected chi connectivity index (χ2v) is 19.8. The van der Waals surface area contributed by atoms with Crippen LogP contribution in [0.5, 0.6) is 0 Å². The van der Waals surface area contributed by atoms with Gasteiger partial charge >= 0.3 is 22.8 Å². The Kier molecular flexibility index (Phi) is 10.6. The summed E-state index contributed by atoms with van der Waals surface area (Å²) in [5.74, 6) is 0.934. The van der Waals surface area contributed by atoms with E-state index in [1.165, 1.54) is 23.8 Å². The smallest absolute Gasteiger partial charge is 0.351 e. The van der Waals surface area contributed by atoms with Gasteiger partial charge in [-0.3, -0.25) is 9.36 Å². The molecule has 210 valence electrons. The summed E-state index contributed by atoms with van der Waals surface area (Å²) in [7, 11) is -6.19. The third-order valence-corrected chi connectivity index (χ3v) is 16.9. The number of rotatable bonds is 11. The number of hydrogen-bond donors (Lipinski definition) is 2. The van der Waals surface area contributed by atoms with E-state index in [2.05, 4.69) is 22.3 Å². The molecule has 0 aromatic carbocycles. The van der Waals surface area contributed by atoms with Crippen LogP contribution in [0, 0.1) is 35.5 Å². The number of nitriles is 1. The van der Waals surface area contributed by atoms with Crippen molar-refractivity contribution in [3.63, 3.8) is 0 Å². The summed E-state index contributed by atoms with van der Waals surface area (Å²) in [6, 6.07) is 3.66. The quantitative estimate of drug-likeness (QED) is 0.305. The van der Waals surface area contributed by atoms with Gasteiger partial charge in [0.15, 0.2) is 6.23 Å². The number of ether oxygens (including phenoxy) is 1. The molecule has 1 aromatic rings. The number of anilines is 1. The first-order valence-electron chi connectivity index (χ1n) is 13.1. The summed E-state index contributed by atoms with van der Waals surface area (Å²) >= 11 is 0. The largest absolute Gasteiger partial charge is 0.414 e. The van der Waals surface area contributed by atoms with E-state index in [0.29, 0.717) is 0 Å². The molecule has 0 spiro atoms. The molecule has 1 aliphatic rings.